The minimum atomic E-state index is -0.334. The van der Waals surface area contributed by atoms with Gasteiger partial charge in [-0.25, -0.2) is 0 Å². The number of rotatable bonds is 5. The number of fused-ring (bicyclic) bond motifs is 1. The van der Waals surface area contributed by atoms with Gasteiger partial charge in [-0.05, 0) is 60.6 Å². The summed E-state index contributed by atoms with van der Waals surface area (Å²) in [5.41, 5.74) is 5.65. The first-order valence-corrected chi connectivity index (χ1v) is 10.5. The summed E-state index contributed by atoms with van der Waals surface area (Å²) < 4.78 is 5.09. The average Bonchev–Trinajstić information content (AvgIpc) is 3.36. The molecule has 4 rings (SSSR count). The summed E-state index contributed by atoms with van der Waals surface area (Å²) >= 11 is 0. The Balaban J connectivity index is 1.23. The van der Waals surface area contributed by atoms with Crippen molar-refractivity contribution >= 4 is 28.5 Å². The molecule has 7 nitrogen and oxygen atoms in total. The van der Waals surface area contributed by atoms with Crippen LogP contribution in [0.4, 0.5) is 0 Å². The molecule has 1 aromatic heterocycles. The van der Waals surface area contributed by atoms with Gasteiger partial charge in [0.1, 0.15) is 0 Å². The Morgan fingerprint density at radius 2 is 1.61 bits per heavy atom. The maximum absolute atomic E-state index is 12.6. The molecule has 160 valence electrons. The average molecular weight is 419 g/mol. The van der Waals surface area contributed by atoms with Crippen molar-refractivity contribution in [1.29, 1.82) is 0 Å². The van der Waals surface area contributed by atoms with E-state index in [9.17, 15) is 14.4 Å². The summed E-state index contributed by atoms with van der Waals surface area (Å²) in [5, 5.41) is 4.69. The fourth-order valence-corrected chi connectivity index (χ4v) is 4.07. The molecule has 0 spiro atoms. The topological polar surface area (TPSA) is 100 Å². The van der Waals surface area contributed by atoms with E-state index in [1.807, 2.05) is 36.4 Å². The van der Waals surface area contributed by atoms with Gasteiger partial charge in [-0.1, -0.05) is 36.4 Å². The van der Waals surface area contributed by atoms with Gasteiger partial charge in [0.15, 0.2) is 5.76 Å². The van der Waals surface area contributed by atoms with Crippen LogP contribution in [0.5, 0.6) is 0 Å². The van der Waals surface area contributed by atoms with Crippen molar-refractivity contribution in [3.8, 4) is 0 Å². The molecule has 0 atom stereocenters. The molecule has 1 aliphatic rings. The molecule has 3 N–H and O–H groups in total. The van der Waals surface area contributed by atoms with Crippen LogP contribution in [0.3, 0.4) is 0 Å². The number of hydrazine groups is 1. The van der Waals surface area contributed by atoms with Crippen LogP contribution < -0.4 is 16.2 Å². The van der Waals surface area contributed by atoms with E-state index in [0.717, 1.165) is 36.5 Å². The van der Waals surface area contributed by atoms with Crippen molar-refractivity contribution in [1.82, 2.24) is 16.2 Å². The van der Waals surface area contributed by atoms with Crippen LogP contribution in [0.1, 0.15) is 46.6 Å². The summed E-state index contributed by atoms with van der Waals surface area (Å²) in [6.07, 6.45) is 4.59. The van der Waals surface area contributed by atoms with Gasteiger partial charge in [0.2, 0.25) is 5.91 Å². The fraction of sp³-hybridized carbons (Fsp3) is 0.292. The van der Waals surface area contributed by atoms with Gasteiger partial charge in [-0.3, -0.25) is 25.2 Å². The highest BCUT2D eigenvalue weighted by Crippen LogP contribution is 2.28. The molecule has 3 aromatic rings. The SMILES string of the molecule is O=C(NCC1CCC(C(=O)NNC(=O)c2cccc3ccccc23)CC1)c1ccco1. The quantitative estimate of drug-likeness (QED) is 0.552. The summed E-state index contributed by atoms with van der Waals surface area (Å²) in [6, 6.07) is 16.5. The minimum absolute atomic E-state index is 0.148. The van der Waals surface area contributed by atoms with Gasteiger partial charge in [0.25, 0.3) is 11.8 Å². The molecule has 0 unspecified atom stereocenters. The van der Waals surface area contributed by atoms with E-state index in [0.29, 0.717) is 23.8 Å². The van der Waals surface area contributed by atoms with Crippen LogP contribution in [0.2, 0.25) is 0 Å². The molecule has 0 radical (unpaired) electrons. The van der Waals surface area contributed by atoms with Gasteiger partial charge in [0.05, 0.1) is 6.26 Å². The Bertz CT molecular complexity index is 1060. The first kappa shape index (κ1) is 20.7. The van der Waals surface area contributed by atoms with Gasteiger partial charge in [-0.2, -0.15) is 0 Å². The van der Waals surface area contributed by atoms with E-state index in [4.69, 9.17) is 4.42 Å². The van der Waals surface area contributed by atoms with Crippen molar-refractivity contribution in [3.63, 3.8) is 0 Å². The number of carbonyl (C=O) groups excluding carboxylic acids is 3. The monoisotopic (exact) mass is 419 g/mol. The largest absolute Gasteiger partial charge is 0.459 e. The number of hydrogen-bond acceptors (Lipinski definition) is 4. The molecule has 1 fully saturated rings. The summed E-state index contributed by atoms with van der Waals surface area (Å²) in [4.78, 5) is 37.0. The maximum atomic E-state index is 12.6. The molecule has 0 aliphatic heterocycles. The number of amides is 3. The molecule has 1 heterocycles. The van der Waals surface area contributed by atoms with E-state index in [-0.39, 0.29) is 23.6 Å². The highest BCUT2D eigenvalue weighted by molar-refractivity contribution is 6.07. The third kappa shape index (κ3) is 4.94. The van der Waals surface area contributed by atoms with E-state index in [1.165, 1.54) is 6.26 Å². The van der Waals surface area contributed by atoms with E-state index in [2.05, 4.69) is 16.2 Å². The van der Waals surface area contributed by atoms with Crippen LogP contribution in [-0.2, 0) is 4.79 Å². The van der Waals surface area contributed by atoms with Gasteiger partial charge >= 0.3 is 0 Å². The van der Waals surface area contributed by atoms with Crippen LogP contribution in [0, 0.1) is 11.8 Å². The number of hydrogen-bond donors (Lipinski definition) is 3. The van der Waals surface area contributed by atoms with Crippen molar-refractivity contribution in [2.45, 2.75) is 25.7 Å². The first-order chi connectivity index (χ1) is 15.1. The normalized spacial score (nSPS) is 18.3. The molecular formula is C24H25N3O4. The predicted molar refractivity (Wildman–Crippen MR) is 116 cm³/mol. The van der Waals surface area contributed by atoms with Crippen molar-refractivity contribution in [3.05, 3.63) is 72.2 Å². The van der Waals surface area contributed by atoms with Crippen LogP contribution in [0.25, 0.3) is 10.8 Å². The third-order valence-electron chi connectivity index (χ3n) is 5.85. The molecule has 31 heavy (non-hydrogen) atoms. The second kappa shape index (κ2) is 9.47. The third-order valence-corrected chi connectivity index (χ3v) is 5.85. The molecular weight excluding hydrogens is 394 g/mol. The predicted octanol–water partition coefficient (Wildman–Crippen LogP) is 3.43. The second-order valence-electron chi connectivity index (χ2n) is 7.88. The zero-order valence-electron chi connectivity index (χ0n) is 17.1. The van der Waals surface area contributed by atoms with Crippen molar-refractivity contribution in [2.75, 3.05) is 6.54 Å². The Kier molecular flexibility index (Phi) is 6.31. The zero-order valence-corrected chi connectivity index (χ0v) is 17.1. The van der Waals surface area contributed by atoms with Crippen LogP contribution in [0.15, 0.2) is 65.3 Å². The highest BCUT2D eigenvalue weighted by Gasteiger charge is 2.27. The number of carbonyl (C=O) groups is 3. The fourth-order valence-electron chi connectivity index (χ4n) is 4.07. The molecule has 1 aliphatic carbocycles. The van der Waals surface area contributed by atoms with Crippen molar-refractivity contribution in [2.24, 2.45) is 11.8 Å². The van der Waals surface area contributed by atoms with Gasteiger partial charge in [-0.15, -0.1) is 0 Å². The number of furan rings is 1. The Labute approximate surface area is 180 Å². The Morgan fingerprint density at radius 1 is 0.839 bits per heavy atom. The summed E-state index contributed by atoms with van der Waals surface area (Å²) in [5.74, 6) is -0.250. The lowest BCUT2D eigenvalue weighted by Gasteiger charge is -2.27. The number of benzene rings is 2. The van der Waals surface area contributed by atoms with E-state index in [1.54, 1.807) is 18.2 Å². The summed E-state index contributed by atoms with van der Waals surface area (Å²) in [7, 11) is 0. The van der Waals surface area contributed by atoms with Gasteiger partial charge < -0.3 is 9.73 Å². The van der Waals surface area contributed by atoms with E-state index < -0.39 is 0 Å². The molecule has 7 heteroatoms. The zero-order chi connectivity index (χ0) is 21.6. The first-order valence-electron chi connectivity index (χ1n) is 10.5. The smallest absolute Gasteiger partial charge is 0.286 e. The molecule has 1 saturated carbocycles. The lowest BCUT2D eigenvalue weighted by Crippen LogP contribution is -2.45. The van der Waals surface area contributed by atoms with Gasteiger partial charge in [0, 0.05) is 18.0 Å². The Hall–Kier alpha value is -3.61. The maximum Gasteiger partial charge on any atom is 0.286 e. The van der Waals surface area contributed by atoms with E-state index >= 15 is 0 Å². The Morgan fingerprint density at radius 3 is 2.39 bits per heavy atom. The minimum Gasteiger partial charge on any atom is -0.459 e. The molecule has 0 saturated heterocycles. The second-order valence-corrected chi connectivity index (χ2v) is 7.88. The lowest BCUT2D eigenvalue weighted by atomic mass is 9.81. The van der Waals surface area contributed by atoms with Crippen LogP contribution >= 0.6 is 0 Å². The van der Waals surface area contributed by atoms with Crippen molar-refractivity contribution < 1.29 is 18.8 Å². The number of nitrogens with one attached hydrogen (secondary N) is 3. The lowest BCUT2D eigenvalue weighted by molar-refractivity contribution is -0.127. The molecule has 0 bridgehead atoms. The highest BCUT2D eigenvalue weighted by atomic mass is 16.3. The molecule has 3 amide bonds. The molecule has 2 aromatic carbocycles. The summed E-state index contributed by atoms with van der Waals surface area (Å²) in [6.45, 7) is 0.561. The van der Waals surface area contributed by atoms with Crippen LogP contribution in [-0.4, -0.2) is 24.3 Å². The standard InChI is InChI=1S/C24H25N3O4/c28-22(26-27-23(29)20-8-3-6-17-5-1-2-7-19(17)20)18-12-10-16(11-13-18)15-25-24(30)21-9-4-14-31-21/h1-9,14,16,18H,10-13,15H2,(H,25,30)(H,26,28)(H,27,29).